The van der Waals surface area contributed by atoms with Crippen molar-refractivity contribution in [2.24, 2.45) is 5.92 Å². The predicted molar refractivity (Wildman–Crippen MR) is 78.4 cm³/mol. The van der Waals surface area contributed by atoms with Crippen LogP contribution in [0.4, 0.5) is 0 Å². The van der Waals surface area contributed by atoms with Crippen LogP contribution in [0, 0.1) is 5.92 Å². The number of rotatable bonds is 3. The molecule has 2 rings (SSSR count). The summed E-state index contributed by atoms with van der Waals surface area (Å²) in [6, 6.07) is 3.02. The molecule has 1 aromatic carbocycles. The summed E-state index contributed by atoms with van der Waals surface area (Å²) in [5, 5.41) is 28.6. The van der Waals surface area contributed by atoms with Gasteiger partial charge in [0.2, 0.25) is 0 Å². The van der Waals surface area contributed by atoms with Crippen LogP contribution in [0.1, 0.15) is 24.2 Å². The van der Waals surface area contributed by atoms with Crippen LogP contribution in [0.5, 0.6) is 11.5 Å². The van der Waals surface area contributed by atoms with Gasteiger partial charge in [0.05, 0.1) is 5.37 Å². The normalized spacial score (nSPS) is 21.8. The van der Waals surface area contributed by atoms with E-state index in [-0.39, 0.29) is 34.1 Å². The molecule has 1 amide bonds. The SMILES string of the molecule is CC(C)C1SCC(C(=O)O)N1C(=O)c1c(O)cccc1O. The second kappa shape index (κ2) is 5.85. The molecule has 1 aromatic rings. The third kappa shape index (κ3) is 2.78. The molecule has 0 aromatic heterocycles. The summed E-state index contributed by atoms with van der Waals surface area (Å²) in [6.07, 6.45) is 0. The Labute approximate surface area is 126 Å². The number of thioether (sulfide) groups is 1. The van der Waals surface area contributed by atoms with Gasteiger partial charge in [0.1, 0.15) is 23.1 Å². The van der Waals surface area contributed by atoms with E-state index in [1.807, 2.05) is 13.8 Å². The highest BCUT2D eigenvalue weighted by atomic mass is 32.2. The molecule has 21 heavy (non-hydrogen) atoms. The Hall–Kier alpha value is -1.89. The fraction of sp³-hybridized carbons (Fsp3) is 0.429. The summed E-state index contributed by atoms with van der Waals surface area (Å²) in [4.78, 5) is 25.2. The highest BCUT2D eigenvalue weighted by Crippen LogP contribution is 2.38. The van der Waals surface area contributed by atoms with Crippen LogP contribution in [0.3, 0.4) is 0 Å². The molecule has 1 aliphatic rings. The molecule has 3 N–H and O–H groups in total. The van der Waals surface area contributed by atoms with E-state index in [1.165, 1.54) is 34.9 Å². The first-order chi connectivity index (χ1) is 9.84. The number of aromatic hydroxyl groups is 2. The number of phenolic OH excluding ortho intramolecular Hbond substituents is 2. The van der Waals surface area contributed by atoms with E-state index in [0.29, 0.717) is 0 Å². The first-order valence-electron chi connectivity index (χ1n) is 6.52. The molecule has 0 bridgehead atoms. The predicted octanol–water partition coefficient (Wildman–Crippen LogP) is 1.72. The van der Waals surface area contributed by atoms with E-state index in [2.05, 4.69) is 0 Å². The maximum atomic E-state index is 12.6. The number of carbonyl (C=O) groups is 2. The molecule has 1 aliphatic heterocycles. The van der Waals surface area contributed by atoms with Crippen LogP contribution in [0.25, 0.3) is 0 Å². The molecule has 0 saturated carbocycles. The van der Waals surface area contributed by atoms with Gasteiger partial charge in [-0.2, -0.15) is 0 Å². The number of phenols is 2. The summed E-state index contributed by atoms with van der Waals surface area (Å²) in [7, 11) is 0. The fourth-order valence-electron chi connectivity index (χ4n) is 2.37. The highest BCUT2D eigenvalue weighted by Gasteiger charge is 2.44. The lowest BCUT2D eigenvalue weighted by atomic mass is 10.1. The Bertz CT molecular complexity index is 554. The molecule has 6 nitrogen and oxygen atoms in total. The monoisotopic (exact) mass is 311 g/mol. The summed E-state index contributed by atoms with van der Waals surface area (Å²) >= 11 is 1.39. The first-order valence-corrected chi connectivity index (χ1v) is 7.57. The van der Waals surface area contributed by atoms with Crippen molar-refractivity contribution in [3.63, 3.8) is 0 Å². The highest BCUT2D eigenvalue weighted by molar-refractivity contribution is 8.00. The molecule has 7 heteroatoms. The minimum Gasteiger partial charge on any atom is -0.507 e. The minimum atomic E-state index is -1.09. The van der Waals surface area contributed by atoms with Crippen LogP contribution in [-0.4, -0.2) is 49.3 Å². The molecule has 0 aliphatic carbocycles. The Kier molecular flexibility index (Phi) is 4.32. The summed E-state index contributed by atoms with van der Waals surface area (Å²) in [6.45, 7) is 3.79. The number of benzene rings is 1. The molecule has 0 spiro atoms. The molecule has 0 radical (unpaired) electrons. The van der Waals surface area contributed by atoms with Crippen molar-refractivity contribution in [3.05, 3.63) is 23.8 Å². The number of amides is 1. The van der Waals surface area contributed by atoms with Gasteiger partial charge in [-0.25, -0.2) is 4.79 Å². The zero-order chi connectivity index (χ0) is 15.7. The Morgan fingerprint density at radius 1 is 1.29 bits per heavy atom. The zero-order valence-corrected chi connectivity index (χ0v) is 12.5. The molecule has 1 heterocycles. The van der Waals surface area contributed by atoms with Crippen molar-refractivity contribution in [1.82, 2.24) is 4.90 Å². The second-order valence-corrected chi connectivity index (χ2v) is 6.36. The van der Waals surface area contributed by atoms with Gasteiger partial charge < -0.3 is 20.2 Å². The van der Waals surface area contributed by atoms with E-state index in [9.17, 15) is 24.9 Å². The average molecular weight is 311 g/mol. The smallest absolute Gasteiger partial charge is 0.327 e. The summed E-state index contributed by atoms with van der Waals surface area (Å²) in [5.41, 5.74) is -0.253. The maximum absolute atomic E-state index is 12.6. The van der Waals surface area contributed by atoms with Crippen molar-refractivity contribution in [3.8, 4) is 11.5 Å². The molecule has 114 valence electrons. The van der Waals surface area contributed by atoms with Gasteiger partial charge in [-0.3, -0.25) is 4.79 Å². The van der Waals surface area contributed by atoms with Gasteiger partial charge >= 0.3 is 5.97 Å². The van der Waals surface area contributed by atoms with E-state index in [4.69, 9.17) is 0 Å². The minimum absolute atomic E-state index is 0.0521. The number of carbonyl (C=O) groups excluding carboxylic acids is 1. The van der Waals surface area contributed by atoms with Crippen LogP contribution in [-0.2, 0) is 4.79 Å². The molecule has 2 unspecified atom stereocenters. The lowest BCUT2D eigenvalue weighted by Crippen LogP contribution is -2.47. The quantitative estimate of drug-likeness (QED) is 0.786. The van der Waals surface area contributed by atoms with Gasteiger partial charge in [-0.05, 0) is 18.1 Å². The van der Waals surface area contributed by atoms with Gasteiger partial charge in [-0.1, -0.05) is 19.9 Å². The number of nitrogens with zero attached hydrogens (tertiary/aromatic N) is 1. The lowest BCUT2D eigenvalue weighted by molar-refractivity contribution is -0.141. The van der Waals surface area contributed by atoms with E-state index in [0.717, 1.165) is 0 Å². The number of aliphatic carboxylic acids is 1. The molecule has 1 fully saturated rings. The molecule has 2 atom stereocenters. The lowest BCUT2D eigenvalue weighted by Gasteiger charge is -2.30. The first kappa shape index (κ1) is 15.5. The zero-order valence-electron chi connectivity index (χ0n) is 11.7. The molecular weight excluding hydrogens is 294 g/mol. The molecular formula is C14H17NO5S. The van der Waals surface area contributed by atoms with Gasteiger partial charge in [0.15, 0.2) is 0 Å². The van der Waals surface area contributed by atoms with Crippen LogP contribution in [0.2, 0.25) is 0 Å². The van der Waals surface area contributed by atoms with Crippen LogP contribution >= 0.6 is 11.8 Å². The van der Waals surface area contributed by atoms with Crippen LogP contribution in [0.15, 0.2) is 18.2 Å². The van der Waals surface area contributed by atoms with Gasteiger partial charge in [-0.15, -0.1) is 11.8 Å². The third-order valence-corrected chi connectivity index (χ3v) is 4.98. The maximum Gasteiger partial charge on any atom is 0.327 e. The Balaban J connectivity index is 2.44. The van der Waals surface area contributed by atoms with Crippen molar-refractivity contribution >= 4 is 23.6 Å². The largest absolute Gasteiger partial charge is 0.507 e. The van der Waals surface area contributed by atoms with Gasteiger partial charge in [0.25, 0.3) is 5.91 Å². The van der Waals surface area contributed by atoms with Crippen molar-refractivity contribution in [2.45, 2.75) is 25.3 Å². The third-order valence-electron chi connectivity index (χ3n) is 3.36. The number of carboxylic acids is 1. The van der Waals surface area contributed by atoms with E-state index in [1.54, 1.807) is 0 Å². The topological polar surface area (TPSA) is 98.1 Å². The summed E-state index contributed by atoms with van der Waals surface area (Å²) in [5.74, 6) is -2.13. The second-order valence-electron chi connectivity index (χ2n) is 5.21. The van der Waals surface area contributed by atoms with Crippen molar-refractivity contribution < 1.29 is 24.9 Å². The number of hydrogen-bond acceptors (Lipinski definition) is 5. The number of carboxylic acid groups (broad SMARTS) is 1. The van der Waals surface area contributed by atoms with E-state index < -0.39 is 17.9 Å². The Morgan fingerprint density at radius 3 is 2.33 bits per heavy atom. The average Bonchev–Trinajstić information content (AvgIpc) is 2.83. The standard InChI is InChI=1S/C14H17NO5S/c1-7(2)13-15(8(6-21-13)14(19)20)12(18)11-9(16)4-3-5-10(11)17/h3-5,7-8,13,16-17H,6H2,1-2H3,(H,19,20). The van der Waals surface area contributed by atoms with E-state index >= 15 is 0 Å². The van der Waals surface area contributed by atoms with Crippen LogP contribution < -0.4 is 0 Å². The van der Waals surface area contributed by atoms with Crippen molar-refractivity contribution in [2.75, 3.05) is 5.75 Å². The van der Waals surface area contributed by atoms with Gasteiger partial charge in [0, 0.05) is 5.75 Å². The Morgan fingerprint density at radius 2 is 1.86 bits per heavy atom. The number of hydrogen-bond donors (Lipinski definition) is 3. The summed E-state index contributed by atoms with van der Waals surface area (Å²) < 4.78 is 0. The van der Waals surface area contributed by atoms with Crippen molar-refractivity contribution in [1.29, 1.82) is 0 Å². The molecule has 1 saturated heterocycles. The fourth-order valence-corrected chi connectivity index (χ4v) is 3.84.